The normalized spacial score (nSPS) is 19.4. The van der Waals surface area contributed by atoms with Gasteiger partial charge in [0.1, 0.15) is 0 Å². The van der Waals surface area contributed by atoms with Gasteiger partial charge in [0.05, 0.1) is 11.3 Å². The molecule has 1 aliphatic heterocycles. The van der Waals surface area contributed by atoms with E-state index in [0.717, 1.165) is 36.2 Å². The third-order valence-corrected chi connectivity index (χ3v) is 2.81. The van der Waals surface area contributed by atoms with Gasteiger partial charge in [-0.25, -0.2) is 15.2 Å². The highest BCUT2D eigenvalue weighted by molar-refractivity contribution is 6.15. The number of ketones is 1. The Labute approximate surface area is 116 Å². The first-order chi connectivity index (χ1) is 9.70. The van der Waals surface area contributed by atoms with Gasteiger partial charge in [0.25, 0.3) is 5.91 Å². The minimum absolute atomic E-state index is 0.0688. The van der Waals surface area contributed by atoms with Gasteiger partial charge in [-0.1, -0.05) is 0 Å². The maximum atomic E-state index is 12.5. The van der Waals surface area contributed by atoms with Crippen molar-refractivity contribution < 1.29 is 27.6 Å². The lowest BCUT2D eigenvalue weighted by Gasteiger charge is -2.31. The lowest BCUT2D eigenvalue weighted by molar-refractivity contribution is -0.137. The zero-order valence-corrected chi connectivity index (χ0v) is 10.7. The summed E-state index contributed by atoms with van der Waals surface area (Å²) in [5.74, 6) is -1.34. The zero-order chi connectivity index (χ0) is 15.8. The average molecular weight is 301 g/mol. The number of hydrogen-bond donors (Lipinski definition) is 2. The number of nitrogens with one attached hydrogen (secondary N) is 2. The number of imide groups is 1. The van der Waals surface area contributed by atoms with Crippen molar-refractivity contribution >= 4 is 23.4 Å². The highest BCUT2D eigenvalue weighted by Crippen LogP contribution is 2.30. The number of hydrogen-bond acceptors (Lipinski definition) is 4. The van der Waals surface area contributed by atoms with Crippen LogP contribution in [-0.4, -0.2) is 23.8 Å². The molecule has 0 saturated carbocycles. The van der Waals surface area contributed by atoms with E-state index < -0.39 is 35.5 Å². The average Bonchev–Trinajstić information content (AvgIpc) is 2.37. The first-order valence-electron chi connectivity index (χ1n) is 5.79. The molecule has 6 nitrogen and oxygen atoms in total. The maximum absolute atomic E-state index is 12.5. The van der Waals surface area contributed by atoms with Crippen molar-refractivity contribution in [2.24, 2.45) is 0 Å². The van der Waals surface area contributed by atoms with Crippen LogP contribution in [-0.2, 0) is 15.8 Å². The summed E-state index contributed by atoms with van der Waals surface area (Å²) in [7, 11) is 0. The molecule has 2 rings (SSSR count). The van der Waals surface area contributed by atoms with Gasteiger partial charge >= 0.3 is 12.2 Å². The van der Waals surface area contributed by atoms with E-state index in [-0.39, 0.29) is 5.69 Å². The van der Waals surface area contributed by atoms with Crippen LogP contribution < -0.4 is 15.8 Å². The predicted octanol–water partition coefficient (Wildman–Crippen LogP) is 1.22. The molecule has 1 unspecified atom stereocenters. The summed E-state index contributed by atoms with van der Waals surface area (Å²) in [5.41, 5.74) is 1.56. The van der Waals surface area contributed by atoms with Crippen LogP contribution in [0.5, 0.6) is 0 Å². The molecule has 112 valence electrons. The van der Waals surface area contributed by atoms with Crippen LogP contribution in [0.1, 0.15) is 12.5 Å². The van der Waals surface area contributed by atoms with E-state index in [4.69, 9.17) is 0 Å². The van der Waals surface area contributed by atoms with Gasteiger partial charge < -0.3 is 0 Å². The SMILES string of the molecule is CC(=O)C1NN(c2ccc(C(F)(F)F)cc2)C(=O)NC1=O. The highest BCUT2D eigenvalue weighted by atomic mass is 19.4. The van der Waals surface area contributed by atoms with Crippen LogP contribution in [0, 0.1) is 0 Å². The Bertz CT molecular complexity index is 598. The van der Waals surface area contributed by atoms with Crippen LogP contribution in [0.15, 0.2) is 24.3 Å². The van der Waals surface area contributed by atoms with Crippen LogP contribution in [0.3, 0.4) is 0 Å². The molecule has 0 radical (unpaired) electrons. The summed E-state index contributed by atoms with van der Waals surface area (Å²) < 4.78 is 37.4. The molecular formula is C12H10F3N3O3. The lowest BCUT2D eigenvalue weighted by atomic mass is 10.1. The standard InChI is InChI=1S/C12H10F3N3O3/c1-6(19)9-10(20)16-11(21)18(17-9)8-4-2-7(3-5-8)12(13,14)15/h2-5,9,17H,1H3,(H,16,20,21). The Morgan fingerprint density at radius 3 is 2.24 bits per heavy atom. The van der Waals surface area contributed by atoms with Crippen LogP contribution in [0.25, 0.3) is 0 Å². The number of carbonyl (C=O) groups excluding carboxylic acids is 3. The molecule has 0 aliphatic carbocycles. The van der Waals surface area contributed by atoms with Crippen molar-refractivity contribution in [2.75, 3.05) is 5.01 Å². The number of rotatable bonds is 2. The van der Waals surface area contributed by atoms with Gasteiger partial charge in [-0.15, -0.1) is 0 Å². The fraction of sp³-hybridized carbons (Fsp3) is 0.250. The Kier molecular flexibility index (Phi) is 3.69. The molecule has 1 atom stereocenters. The molecule has 0 aromatic heterocycles. The number of carbonyl (C=O) groups is 3. The molecule has 3 amide bonds. The molecule has 0 bridgehead atoms. The quantitative estimate of drug-likeness (QED) is 0.805. The van der Waals surface area contributed by atoms with Crippen LogP contribution >= 0.6 is 0 Å². The Morgan fingerprint density at radius 1 is 1.19 bits per heavy atom. The van der Waals surface area contributed by atoms with E-state index in [1.807, 2.05) is 5.32 Å². The number of urea groups is 1. The van der Waals surface area contributed by atoms with Gasteiger partial charge in [0, 0.05) is 0 Å². The molecule has 9 heteroatoms. The first-order valence-corrected chi connectivity index (χ1v) is 5.79. The van der Waals surface area contributed by atoms with Crippen molar-refractivity contribution in [1.82, 2.24) is 10.7 Å². The number of amides is 3. The smallest absolute Gasteiger partial charge is 0.298 e. The number of Topliss-reactive ketones (excluding diaryl/α,β-unsaturated/α-hetero) is 1. The minimum Gasteiger partial charge on any atom is -0.298 e. The molecule has 1 aromatic rings. The third-order valence-electron chi connectivity index (χ3n) is 2.81. The summed E-state index contributed by atoms with van der Waals surface area (Å²) in [6.07, 6.45) is -4.49. The maximum Gasteiger partial charge on any atom is 0.416 e. The van der Waals surface area contributed by atoms with E-state index in [1.165, 1.54) is 0 Å². The Balaban J connectivity index is 2.26. The zero-order valence-electron chi connectivity index (χ0n) is 10.7. The summed E-state index contributed by atoms with van der Waals surface area (Å²) in [4.78, 5) is 34.3. The number of alkyl halides is 3. The number of halogens is 3. The van der Waals surface area contributed by atoms with Crippen molar-refractivity contribution in [3.05, 3.63) is 29.8 Å². The second-order valence-corrected chi connectivity index (χ2v) is 4.35. The van der Waals surface area contributed by atoms with Crippen LogP contribution in [0.4, 0.5) is 23.7 Å². The lowest BCUT2D eigenvalue weighted by Crippen LogP contribution is -2.66. The van der Waals surface area contributed by atoms with E-state index >= 15 is 0 Å². The molecular weight excluding hydrogens is 291 g/mol. The van der Waals surface area contributed by atoms with E-state index in [9.17, 15) is 27.6 Å². The molecule has 1 saturated heterocycles. The fourth-order valence-electron chi connectivity index (χ4n) is 1.75. The third kappa shape index (κ3) is 3.02. The van der Waals surface area contributed by atoms with Crippen molar-refractivity contribution in [2.45, 2.75) is 19.1 Å². The van der Waals surface area contributed by atoms with Gasteiger partial charge in [-0.3, -0.25) is 14.9 Å². The molecule has 21 heavy (non-hydrogen) atoms. The predicted molar refractivity (Wildman–Crippen MR) is 65.1 cm³/mol. The van der Waals surface area contributed by atoms with Gasteiger partial charge in [0.2, 0.25) is 0 Å². The molecule has 1 fully saturated rings. The van der Waals surface area contributed by atoms with E-state index in [1.54, 1.807) is 0 Å². The number of benzene rings is 1. The Hall–Kier alpha value is -2.42. The Morgan fingerprint density at radius 2 is 1.76 bits per heavy atom. The summed E-state index contributed by atoms with van der Waals surface area (Å²) in [5, 5.41) is 2.76. The molecule has 1 aliphatic rings. The van der Waals surface area contributed by atoms with Crippen molar-refractivity contribution in [3.63, 3.8) is 0 Å². The molecule has 1 aromatic carbocycles. The number of nitrogens with zero attached hydrogens (tertiary/aromatic N) is 1. The molecule has 2 N–H and O–H groups in total. The second-order valence-electron chi connectivity index (χ2n) is 4.35. The van der Waals surface area contributed by atoms with Gasteiger partial charge in [-0.2, -0.15) is 13.2 Å². The van der Waals surface area contributed by atoms with Crippen LogP contribution in [0.2, 0.25) is 0 Å². The minimum atomic E-state index is -4.49. The summed E-state index contributed by atoms with van der Waals surface area (Å²) >= 11 is 0. The molecule has 0 spiro atoms. The number of hydrazine groups is 1. The topological polar surface area (TPSA) is 78.5 Å². The second kappa shape index (κ2) is 5.17. The summed E-state index contributed by atoms with van der Waals surface area (Å²) in [6.45, 7) is 1.15. The van der Waals surface area contributed by atoms with E-state index in [0.29, 0.717) is 0 Å². The van der Waals surface area contributed by atoms with Crippen molar-refractivity contribution in [3.8, 4) is 0 Å². The summed E-state index contributed by atoms with van der Waals surface area (Å²) in [6, 6.07) is 1.56. The van der Waals surface area contributed by atoms with Gasteiger partial charge in [-0.05, 0) is 31.2 Å². The monoisotopic (exact) mass is 301 g/mol. The largest absolute Gasteiger partial charge is 0.416 e. The van der Waals surface area contributed by atoms with E-state index in [2.05, 4.69) is 5.43 Å². The van der Waals surface area contributed by atoms with Gasteiger partial charge in [0.15, 0.2) is 11.8 Å². The highest BCUT2D eigenvalue weighted by Gasteiger charge is 2.36. The number of anilines is 1. The fourth-order valence-corrected chi connectivity index (χ4v) is 1.75. The van der Waals surface area contributed by atoms with Crippen molar-refractivity contribution in [1.29, 1.82) is 0 Å². The molecule has 1 heterocycles. The first kappa shape index (κ1) is 15.0.